The molecule has 122 valence electrons. The zero-order valence-corrected chi connectivity index (χ0v) is 12.8. The lowest BCUT2D eigenvalue weighted by Crippen LogP contribution is -2.21. The quantitative estimate of drug-likeness (QED) is 0.624. The maximum atomic E-state index is 12.1. The summed E-state index contributed by atoms with van der Waals surface area (Å²) in [6.45, 7) is 1.80. The van der Waals surface area contributed by atoms with Gasteiger partial charge in [-0.2, -0.15) is 10.2 Å². The Morgan fingerprint density at radius 2 is 2.04 bits per heavy atom. The van der Waals surface area contributed by atoms with Gasteiger partial charge in [0.25, 0.3) is 11.8 Å². The number of aromatic amines is 1. The van der Waals surface area contributed by atoms with Crippen molar-refractivity contribution in [2.24, 2.45) is 11.5 Å². The minimum atomic E-state index is -0.763. The number of rotatable bonds is 5. The highest BCUT2D eigenvalue weighted by molar-refractivity contribution is 6.06. The Morgan fingerprint density at radius 3 is 2.58 bits per heavy atom. The molecule has 0 aliphatic heterocycles. The number of nitrogens with zero attached hydrogens (tertiary/aromatic N) is 4. The molecular weight excluding hydrogens is 310 g/mol. The number of amides is 2. The number of aromatic nitrogens is 5. The second kappa shape index (κ2) is 5.95. The predicted octanol–water partition coefficient (Wildman–Crippen LogP) is 0.475. The van der Waals surface area contributed by atoms with E-state index in [1.165, 1.54) is 17.1 Å². The molecule has 0 radical (unpaired) electrons. The van der Waals surface area contributed by atoms with Crippen LogP contribution in [-0.4, -0.2) is 36.8 Å². The first kappa shape index (κ1) is 15.4. The molecule has 0 spiro atoms. The van der Waals surface area contributed by atoms with Gasteiger partial charge in [0.2, 0.25) is 0 Å². The van der Waals surface area contributed by atoms with E-state index in [0.29, 0.717) is 11.3 Å². The lowest BCUT2D eigenvalue weighted by Gasteiger charge is -2.14. The first-order valence-electron chi connectivity index (χ1n) is 7.13. The molecule has 0 saturated carbocycles. The second-order valence-corrected chi connectivity index (χ2v) is 5.16. The number of primary amides is 2. The molecule has 1 unspecified atom stereocenters. The van der Waals surface area contributed by atoms with Gasteiger partial charge in [-0.15, -0.1) is 0 Å². The first-order valence-corrected chi connectivity index (χ1v) is 7.13. The fourth-order valence-electron chi connectivity index (χ4n) is 2.53. The molecule has 0 aliphatic rings. The van der Waals surface area contributed by atoms with E-state index >= 15 is 0 Å². The van der Waals surface area contributed by atoms with Gasteiger partial charge in [0.05, 0.1) is 17.9 Å². The number of H-pyrrole nitrogens is 1. The Balaban J connectivity index is 2.26. The monoisotopic (exact) mass is 325 g/mol. The highest BCUT2D eigenvalue weighted by Crippen LogP contribution is 2.30. The third kappa shape index (κ3) is 2.51. The molecule has 0 aromatic carbocycles. The van der Waals surface area contributed by atoms with Gasteiger partial charge in [0.15, 0.2) is 5.69 Å². The summed E-state index contributed by atoms with van der Waals surface area (Å²) < 4.78 is 1.37. The molecule has 3 aromatic rings. The second-order valence-electron chi connectivity index (χ2n) is 5.16. The topological polar surface area (TPSA) is 146 Å². The third-order valence-electron chi connectivity index (χ3n) is 3.65. The van der Waals surface area contributed by atoms with Crippen LogP contribution >= 0.6 is 0 Å². The molecule has 3 heterocycles. The Hall–Kier alpha value is -3.49. The van der Waals surface area contributed by atoms with Gasteiger partial charge in [-0.05, 0) is 19.1 Å². The third-order valence-corrected chi connectivity index (χ3v) is 3.65. The summed E-state index contributed by atoms with van der Waals surface area (Å²) in [5.74, 6) is -1.49. The standard InChI is InChI=1S/C15H15N7O2/c1-8(10-4-2-3-5-18-10)22-13(15(17)24)11(9-6-19-20-7-9)12(21-22)14(16)23/h2-8H,1H3,(H2,16,23)(H2,17,24)(H,19,20). The van der Waals surface area contributed by atoms with Crippen molar-refractivity contribution in [3.8, 4) is 11.1 Å². The molecule has 0 bridgehead atoms. The number of hydrogen-bond donors (Lipinski definition) is 3. The maximum absolute atomic E-state index is 12.1. The van der Waals surface area contributed by atoms with E-state index in [4.69, 9.17) is 11.5 Å². The van der Waals surface area contributed by atoms with Crippen molar-refractivity contribution in [3.05, 3.63) is 53.9 Å². The van der Waals surface area contributed by atoms with Crippen molar-refractivity contribution >= 4 is 11.8 Å². The van der Waals surface area contributed by atoms with Crippen LogP contribution in [0.4, 0.5) is 0 Å². The van der Waals surface area contributed by atoms with Crippen LogP contribution < -0.4 is 11.5 Å². The Bertz CT molecular complexity index is 884. The number of nitrogens with one attached hydrogen (secondary N) is 1. The van der Waals surface area contributed by atoms with Crippen LogP contribution in [0.1, 0.15) is 39.6 Å². The van der Waals surface area contributed by atoms with E-state index in [0.717, 1.165) is 0 Å². The van der Waals surface area contributed by atoms with Crippen LogP contribution in [0.3, 0.4) is 0 Å². The van der Waals surface area contributed by atoms with Crippen molar-refractivity contribution < 1.29 is 9.59 Å². The molecular formula is C15H15N7O2. The molecule has 9 nitrogen and oxygen atoms in total. The maximum Gasteiger partial charge on any atom is 0.269 e. The lowest BCUT2D eigenvalue weighted by molar-refractivity contribution is 0.0982. The van der Waals surface area contributed by atoms with Crippen molar-refractivity contribution in [1.29, 1.82) is 0 Å². The summed E-state index contributed by atoms with van der Waals surface area (Å²) >= 11 is 0. The molecule has 5 N–H and O–H groups in total. The van der Waals surface area contributed by atoms with E-state index in [2.05, 4.69) is 20.3 Å². The number of carbonyl (C=O) groups is 2. The van der Waals surface area contributed by atoms with Crippen molar-refractivity contribution in [3.63, 3.8) is 0 Å². The average Bonchev–Trinajstić information content (AvgIpc) is 3.21. The van der Waals surface area contributed by atoms with Gasteiger partial charge in [-0.3, -0.25) is 19.7 Å². The number of carbonyl (C=O) groups excluding carboxylic acids is 2. The van der Waals surface area contributed by atoms with Gasteiger partial charge in [0, 0.05) is 23.5 Å². The van der Waals surface area contributed by atoms with Gasteiger partial charge in [-0.1, -0.05) is 6.07 Å². The van der Waals surface area contributed by atoms with Gasteiger partial charge >= 0.3 is 0 Å². The predicted molar refractivity (Wildman–Crippen MR) is 84.9 cm³/mol. The minimum Gasteiger partial charge on any atom is -0.364 e. The molecule has 2 amide bonds. The average molecular weight is 325 g/mol. The van der Waals surface area contributed by atoms with E-state index < -0.39 is 17.9 Å². The van der Waals surface area contributed by atoms with Crippen LogP contribution in [0.2, 0.25) is 0 Å². The molecule has 3 rings (SSSR count). The molecule has 0 aliphatic carbocycles. The summed E-state index contributed by atoms with van der Waals surface area (Å²) in [6.07, 6.45) is 4.63. The van der Waals surface area contributed by atoms with Crippen LogP contribution in [0.25, 0.3) is 11.1 Å². The van der Waals surface area contributed by atoms with Crippen LogP contribution in [0, 0.1) is 0 Å². The zero-order valence-electron chi connectivity index (χ0n) is 12.8. The summed E-state index contributed by atoms with van der Waals surface area (Å²) in [5, 5.41) is 10.7. The van der Waals surface area contributed by atoms with E-state index in [9.17, 15) is 9.59 Å². The zero-order chi connectivity index (χ0) is 17.3. The van der Waals surface area contributed by atoms with Crippen molar-refractivity contribution in [2.75, 3.05) is 0 Å². The number of pyridine rings is 1. The van der Waals surface area contributed by atoms with E-state index in [-0.39, 0.29) is 17.0 Å². The largest absolute Gasteiger partial charge is 0.364 e. The molecule has 0 fully saturated rings. The molecule has 3 aromatic heterocycles. The Labute approximate surface area is 136 Å². The molecule has 9 heteroatoms. The smallest absolute Gasteiger partial charge is 0.269 e. The molecule has 1 atom stereocenters. The lowest BCUT2D eigenvalue weighted by atomic mass is 10.1. The SMILES string of the molecule is CC(c1ccccn1)n1nc(C(N)=O)c(-c2cn[nH]c2)c1C(N)=O. The van der Waals surface area contributed by atoms with Crippen LogP contribution in [0.5, 0.6) is 0 Å². The van der Waals surface area contributed by atoms with Crippen molar-refractivity contribution in [1.82, 2.24) is 25.0 Å². The molecule has 0 saturated heterocycles. The number of nitrogens with two attached hydrogens (primary N) is 2. The highest BCUT2D eigenvalue weighted by atomic mass is 16.2. The van der Waals surface area contributed by atoms with Gasteiger partial charge in [0.1, 0.15) is 5.69 Å². The fraction of sp³-hybridized carbons (Fsp3) is 0.133. The fourth-order valence-corrected chi connectivity index (χ4v) is 2.53. The summed E-state index contributed by atoms with van der Waals surface area (Å²) in [5.41, 5.74) is 12.4. The van der Waals surface area contributed by atoms with Crippen molar-refractivity contribution in [2.45, 2.75) is 13.0 Å². The van der Waals surface area contributed by atoms with E-state index in [1.54, 1.807) is 25.3 Å². The summed E-state index contributed by atoms with van der Waals surface area (Å²) in [4.78, 5) is 28.1. The Morgan fingerprint density at radius 1 is 1.25 bits per heavy atom. The van der Waals surface area contributed by atoms with Gasteiger partial charge < -0.3 is 11.5 Å². The van der Waals surface area contributed by atoms with Crippen LogP contribution in [-0.2, 0) is 0 Å². The van der Waals surface area contributed by atoms with E-state index in [1.807, 2.05) is 6.07 Å². The highest BCUT2D eigenvalue weighted by Gasteiger charge is 2.29. The normalized spacial score (nSPS) is 12.0. The first-order chi connectivity index (χ1) is 11.5. The summed E-state index contributed by atoms with van der Waals surface area (Å²) in [7, 11) is 0. The number of hydrogen-bond acceptors (Lipinski definition) is 5. The summed E-state index contributed by atoms with van der Waals surface area (Å²) in [6, 6.07) is 4.96. The van der Waals surface area contributed by atoms with Gasteiger partial charge in [-0.25, -0.2) is 4.68 Å². The Kier molecular flexibility index (Phi) is 3.82. The minimum absolute atomic E-state index is 0.0482. The molecule has 24 heavy (non-hydrogen) atoms. The van der Waals surface area contributed by atoms with Crippen LogP contribution in [0.15, 0.2) is 36.8 Å².